The maximum atomic E-state index is 6.00. The summed E-state index contributed by atoms with van der Waals surface area (Å²) in [5.74, 6) is 0. The molecule has 0 amide bonds. The van der Waals surface area contributed by atoms with E-state index in [9.17, 15) is 0 Å². The first-order valence-electron chi connectivity index (χ1n) is 8.40. The van der Waals surface area contributed by atoms with Crippen LogP contribution in [0.5, 0.6) is 0 Å². The highest BCUT2D eigenvalue weighted by molar-refractivity contribution is 5.43. The largest absolute Gasteiger partial charge is 0.294 e. The molecule has 0 unspecified atom stereocenters. The van der Waals surface area contributed by atoms with E-state index in [1.807, 2.05) is 18.2 Å². The first kappa shape index (κ1) is 15.1. The predicted octanol–water partition coefficient (Wildman–Crippen LogP) is 4.42. The van der Waals surface area contributed by atoms with Gasteiger partial charge in [-0.3, -0.25) is 4.84 Å². The number of hydrogen-bond acceptors (Lipinski definition) is 2. The van der Waals surface area contributed by atoms with Crippen molar-refractivity contribution in [2.45, 2.75) is 12.0 Å². The summed E-state index contributed by atoms with van der Waals surface area (Å²) in [6.07, 6.45) is 0. The molecule has 4 rings (SSSR count). The minimum atomic E-state index is 0.0270. The van der Waals surface area contributed by atoms with Gasteiger partial charge in [0.15, 0.2) is 0 Å². The van der Waals surface area contributed by atoms with E-state index in [-0.39, 0.29) is 5.41 Å². The third-order valence-corrected chi connectivity index (χ3v) is 4.80. The topological polar surface area (TPSA) is 12.5 Å². The van der Waals surface area contributed by atoms with Gasteiger partial charge >= 0.3 is 0 Å². The van der Waals surface area contributed by atoms with Gasteiger partial charge in [-0.1, -0.05) is 91.0 Å². The molecule has 1 saturated heterocycles. The van der Waals surface area contributed by atoms with Gasteiger partial charge in [-0.25, -0.2) is 0 Å². The van der Waals surface area contributed by atoms with Crippen LogP contribution in [0.2, 0.25) is 0 Å². The SMILES string of the molecule is c1ccc(CON2CC(c3ccccc3)(c3ccccc3)C2)cc1. The van der Waals surface area contributed by atoms with Gasteiger partial charge < -0.3 is 0 Å². The van der Waals surface area contributed by atoms with Gasteiger partial charge in [0, 0.05) is 13.1 Å². The summed E-state index contributed by atoms with van der Waals surface area (Å²) in [7, 11) is 0. The average Bonchev–Trinajstić information content (AvgIpc) is 2.63. The maximum Gasteiger partial charge on any atom is 0.0935 e. The zero-order chi connectivity index (χ0) is 16.2. The molecular formula is C22H21NO. The highest BCUT2D eigenvalue weighted by atomic mass is 16.7. The smallest absolute Gasteiger partial charge is 0.0935 e. The van der Waals surface area contributed by atoms with Crippen molar-refractivity contribution in [3.05, 3.63) is 108 Å². The second kappa shape index (κ2) is 6.60. The van der Waals surface area contributed by atoms with Crippen LogP contribution in [-0.4, -0.2) is 18.2 Å². The number of rotatable bonds is 5. The standard InChI is InChI=1S/C22H21NO/c1-4-10-19(11-5-1)16-24-23-17-22(18-23,20-12-6-2-7-13-20)21-14-8-3-9-15-21/h1-15H,16-18H2. The van der Waals surface area contributed by atoms with E-state index in [1.54, 1.807) is 0 Å². The van der Waals surface area contributed by atoms with Crippen molar-refractivity contribution in [3.8, 4) is 0 Å². The third-order valence-electron chi connectivity index (χ3n) is 4.80. The molecule has 1 heterocycles. The first-order valence-corrected chi connectivity index (χ1v) is 8.40. The van der Waals surface area contributed by atoms with Crippen LogP contribution in [0.1, 0.15) is 16.7 Å². The van der Waals surface area contributed by atoms with Crippen LogP contribution in [-0.2, 0) is 16.9 Å². The molecule has 0 aromatic heterocycles. The van der Waals surface area contributed by atoms with Gasteiger partial charge in [0.2, 0.25) is 0 Å². The number of benzene rings is 3. The summed E-state index contributed by atoms with van der Waals surface area (Å²) >= 11 is 0. The van der Waals surface area contributed by atoms with Crippen molar-refractivity contribution >= 4 is 0 Å². The lowest BCUT2D eigenvalue weighted by molar-refractivity contribution is -0.230. The van der Waals surface area contributed by atoms with Crippen molar-refractivity contribution in [3.63, 3.8) is 0 Å². The van der Waals surface area contributed by atoms with Gasteiger partial charge in [0.05, 0.1) is 12.0 Å². The molecule has 1 aliphatic rings. The van der Waals surface area contributed by atoms with Crippen molar-refractivity contribution in [1.29, 1.82) is 0 Å². The fourth-order valence-corrected chi connectivity index (χ4v) is 3.43. The predicted molar refractivity (Wildman–Crippen MR) is 96.5 cm³/mol. The number of hydrogen-bond donors (Lipinski definition) is 0. The lowest BCUT2D eigenvalue weighted by Crippen LogP contribution is -2.59. The van der Waals surface area contributed by atoms with Gasteiger partial charge in [-0.2, -0.15) is 5.06 Å². The molecule has 0 radical (unpaired) electrons. The molecule has 0 bridgehead atoms. The Balaban J connectivity index is 1.51. The second-order valence-corrected chi connectivity index (χ2v) is 6.37. The normalized spacial score (nSPS) is 16.5. The van der Waals surface area contributed by atoms with Crippen LogP contribution in [0.4, 0.5) is 0 Å². The van der Waals surface area contributed by atoms with Gasteiger partial charge in [-0.15, -0.1) is 0 Å². The van der Waals surface area contributed by atoms with Crippen LogP contribution in [0.3, 0.4) is 0 Å². The van der Waals surface area contributed by atoms with Crippen LogP contribution in [0.25, 0.3) is 0 Å². The van der Waals surface area contributed by atoms with E-state index in [1.165, 1.54) is 16.7 Å². The molecule has 0 aliphatic carbocycles. The molecule has 2 heteroatoms. The quantitative estimate of drug-likeness (QED) is 0.691. The van der Waals surface area contributed by atoms with Crippen molar-refractivity contribution in [2.75, 3.05) is 13.1 Å². The molecule has 1 aliphatic heterocycles. The van der Waals surface area contributed by atoms with Crippen molar-refractivity contribution in [1.82, 2.24) is 5.06 Å². The Morgan fingerprint density at radius 2 is 1.12 bits per heavy atom. The Morgan fingerprint density at radius 1 is 0.667 bits per heavy atom. The number of nitrogens with zero attached hydrogens (tertiary/aromatic N) is 1. The fourth-order valence-electron chi connectivity index (χ4n) is 3.43. The maximum absolute atomic E-state index is 6.00. The molecule has 1 fully saturated rings. The van der Waals surface area contributed by atoms with Crippen LogP contribution >= 0.6 is 0 Å². The third kappa shape index (κ3) is 2.86. The van der Waals surface area contributed by atoms with Crippen molar-refractivity contribution in [2.24, 2.45) is 0 Å². The minimum Gasteiger partial charge on any atom is -0.294 e. The Bertz CT molecular complexity index is 723. The molecule has 0 spiro atoms. The lowest BCUT2D eigenvalue weighted by Gasteiger charge is -2.50. The van der Waals surface area contributed by atoms with E-state index in [4.69, 9.17) is 4.84 Å². The highest BCUT2D eigenvalue weighted by Gasteiger charge is 2.46. The molecule has 0 atom stereocenters. The average molecular weight is 315 g/mol. The molecule has 3 aromatic carbocycles. The molecule has 0 saturated carbocycles. The summed E-state index contributed by atoms with van der Waals surface area (Å²) in [5.41, 5.74) is 3.94. The second-order valence-electron chi connectivity index (χ2n) is 6.37. The van der Waals surface area contributed by atoms with Crippen LogP contribution in [0, 0.1) is 0 Å². The Morgan fingerprint density at radius 3 is 1.62 bits per heavy atom. The Kier molecular flexibility index (Phi) is 4.16. The van der Waals surface area contributed by atoms with Gasteiger partial charge in [-0.05, 0) is 16.7 Å². The van der Waals surface area contributed by atoms with E-state index in [0.29, 0.717) is 6.61 Å². The van der Waals surface area contributed by atoms with E-state index < -0.39 is 0 Å². The summed E-state index contributed by atoms with van der Waals surface area (Å²) in [6.45, 7) is 2.39. The van der Waals surface area contributed by atoms with Gasteiger partial charge in [0.25, 0.3) is 0 Å². The molecule has 3 aromatic rings. The fraction of sp³-hybridized carbons (Fsp3) is 0.182. The molecule has 24 heavy (non-hydrogen) atoms. The lowest BCUT2D eigenvalue weighted by atomic mass is 9.69. The summed E-state index contributed by atoms with van der Waals surface area (Å²) in [6, 6.07) is 31.8. The zero-order valence-corrected chi connectivity index (χ0v) is 13.6. The highest BCUT2D eigenvalue weighted by Crippen LogP contribution is 2.41. The summed E-state index contributed by atoms with van der Waals surface area (Å²) < 4.78 is 0. The van der Waals surface area contributed by atoms with Gasteiger partial charge in [0.1, 0.15) is 0 Å². The number of hydroxylamine groups is 2. The minimum absolute atomic E-state index is 0.0270. The monoisotopic (exact) mass is 315 g/mol. The Hall–Kier alpha value is -2.42. The molecule has 0 N–H and O–H groups in total. The summed E-state index contributed by atoms with van der Waals surface area (Å²) in [4.78, 5) is 6.00. The van der Waals surface area contributed by atoms with E-state index in [2.05, 4.69) is 77.9 Å². The van der Waals surface area contributed by atoms with Crippen LogP contribution < -0.4 is 0 Å². The summed E-state index contributed by atoms with van der Waals surface area (Å²) in [5, 5.41) is 2.08. The Labute approximate surface area is 143 Å². The molecule has 120 valence electrons. The molecule has 2 nitrogen and oxygen atoms in total. The molecular weight excluding hydrogens is 294 g/mol. The van der Waals surface area contributed by atoms with E-state index >= 15 is 0 Å². The zero-order valence-electron chi connectivity index (χ0n) is 13.6. The van der Waals surface area contributed by atoms with Crippen LogP contribution in [0.15, 0.2) is 91.0 Å². The van der Waals surface area contributed by atoms with E-state index in [0.717, 1.165) is 13.1 Å². The van der Waals surface area contributed by atoms with Crippen molar-refractivity contribution < 1.29 is 4.84 Å². The first-order chi connectivity index (χ1) is 11.9.